The second-order valence-corrected chi connectivity index (χ2v) is 3.91. The predicted octanol–water partition coefficient (Wildman–Crippen LogP) is 2.68. The minimum absolute atomic E-state index is 0.923. The fourth-order valence-electron chi connectivity index (χ4n) is 1.94. The fraction of sp³-hybridized carbons (Fsp3) is 0.818. The molecule has 0 bridgehead atoms. The molecule has 0 aromatic heterocycles. The molecular formula is C11H21N. The summed E-state index contributed by atoms with van der Waals surface area (Å²) < 4.78 is 0. The molecule has 1 heteroatoms. The van der Waals surface area contributed by atoms with Gasteiger partial charge in [0.2, 0.25) is 0 Å². The normalized spacial score (nSPS) is 23.4. The van der Waals surface area contributed by atoms with Gasteiger partial charge in [-0.05, 0) is 45.2 Å². The van der Waals surface area contributed by atoms with Gasteiger partial charge in [0, 0.05) is 6.54 Å². The summed E-state index contributed by atoms with van der Waals surface area (Å²) >= 11 is 0. The zero-order chi connectivity index (χ0) is 8.81. The molecule has 1 atom stereocenters. The molecule has 0 spiro atoms. The SMILES string of the molecule is CCCN(C)CC1CC=CCC1. The highest BCUT2D eigenvalue weighted by Crippen LogP contribution is 2.18. The molecular weight excluding hydrogens is 146 g/mol. The molecule has 0 aromatic rings. The van der Waals surface area contributed by atoms with Crippen LogP contribution < -0.4 is 0 Å². The first-order valence-electron chi connectivity index (χ1n) is 5.16. The van der Waals surface area contributed by atoms with Crippen LogP contribution in [0.15, 0.2) is 12.2 Å². The maximum Gasteiger partial charge on any atom is 0.000968 e. The summed E-state index contributed by atoms with van der Waals surface area (Å²) in [4.78, 5) is 2.46. The van der Waals surface area contributed by atoms with Crippen LogP contribution in [0.1, 0.15) is 32.6 Å². The van der Waals surface area contributed by atoms with E-state index in [0.29, 0.717) is 0 Å². The van der Waals surface area contributed by atoms with E-state index >= 15 is 0 Å². The topological polar surface area (TPSA) is 3.24 Å². The van der Waals surface area contributed by atoms with Crippen molar-refractivity contribution in [1.29, 1.82) is 0 Å². The molecule has 1 unspecified atom stereocenters. The number of hydrogen-bond donors (Lipinski definition) is 0. The van der Waals surface area contributed by atoms with Gasteiger partial charge in [-0.15, -0.1) is 0 Å². The van der Waals surface area contributed by atoms with Crippen molar-refractivity contribution in [3.63, 3.8) is 0 Å². The zero-order valence-electron chi connectivity index (χ0n) is 8.42. The summed E-state index contributed by atoms with van der Waals surface area (Å²) in [5, 5.41) is 0. The molecule has 0 aromatic carbocycles. The molecule has 0 amide bonds. The molecule has 70 valence electrons. The molecule has 0 heterocycles. The van der Waals surface area contributed by atoms with E-state index in [1.165, 1.54) is 38.8 Å². The summed E-state index contributed by atoms with van der Waals surface area (Å²) in [5.74, 6) is 0.923. The molecule has 1 rings (SSSR count). The van der Waals surface area contributed by atoms with E-state index < -0.39 is 0 Å². The molecule has 0 radical (unpaired) electrons. The van der Waals surface area contributed by atoms with Crippen LogP contribution in [0.5, 0.6) is 0 Å². The Balaban J connectivity index is 2.16. The average molecular weight is 167 g/mol. The molecule has 1 aliphatic rings. The number of nitrogens with zero attached hydrogens (tertiary/aromatic N) is 1. The van der Waals surface area contributed by atoms with Crippen molar-refractivity contribution in [2.24, 2.45) is 5.92 Å². The van der Waals surface area contributed by atoms with Gasteiger partial charge in [0.15, 0.2) is 0 Å². The Kier molecular flexibility index (Phi) is 4.37. The van der Waals surface area contributed by atoms with E-state index in [9.17, 15) is 0 Å². The van der Waals surface area contributed by atoms with Crippen LogP contribution in [0.25, 0.3) is 0 Å². The molecule has 1 nitrogen and oxygen atoms in total. The highest BCUT2D eigenvalue weighted by molar-refractivity contribution is 4.90. The Hall–Kier alpha value is -0.300. The van der Waals surface area contributed by atoms with Crippen LogP contribution in [0.4, 0.5) is 0 Å². The quantitative estimate of drug-likeness (QED) is 0.582. The summed E-state index contributed by atoms with van der Waals surface area (Å²) in [7, 11) is 2.24. The first-order chi connectivity index (χ1) is 5.83. The summed E-state index contributed by atoms with van der Waals surface area (Å²) in [6.45, 7) is 4.79. The van der Waals surface area contributed by atoms with Crippen molar-refractivity contribution in [1.82, 2.24) is 4.90 Å². The Morgan fingerprint density at radius 1 is 1.42 bits per heavy atom. The molecule has 0 saturated heterocycles. The van der Waals surface area contributed by atoms with Crippen LogP contribution >= 0.6 is 0 Å². The summed E-state index contributed by atoms with van der Waals surface area (Å²) in [5.41, 5.74) is 0. The third-order valence-corrected chi connectivity index (χ3v) is 2.55. The van der Waals surface area contributed by atoms with Crippen LogP contribution in [0.2, 0.25) is 0 Å². The molecule has 12 heavy (non-hydrogen) atoms. The fourth-order valence-corrected chi connectivity index (χ4v) is 1.94. The second-order valence-electron chi connectivity index (χ2n) is 3.91. The zero-order valence-corrected chi connectivity index (χ0v) is 8.42. The summed E-state index contributed by atoms with van der Waals surface area (Å²) in [6, 6.07) is 0. The molecule has 0 fully saturated rings. The van der Waals surface area contributed by atoms with Crippen molar-refractivity contribution >= 4 is 0 Å². The monoisotopic (exact) mass is 167 g/mol. The van der Waals surface area contributed by atoms with E-state index in [0.717, 1.165) is 5.92 Å². The smallest absolute Gasteiger partial charge is 0.000968 e. The lowest BCUT2D eigenvalue weighted by molar-refractivity contribution is 0.266. The van der Waals surface area contributed by atoms with Crippen molar-refractivity contribution in [2.45, 2.75) is 32.6 Å². The van der Waals surface area contributed by atoms with Crippen LogP contribution in [0, 0.1) is 5.92 Å². The molecule has 1 aliphatic carbocycles. The van der Waals surface area contributed by atoms with Gasteiger partial charge in [0.25, 0.3) is 0 Å². The van der Waals surface area contributed by atoms with Gasteiger partial charge in [-0.2, -0.15) is 0 Å². The molecule has 0 aliphatic heterocycles. The Morgan fingerprint density at radius 2 is 2.25 bits per heavy atom. The number of rotatable bonds is 4. The van der Waals surface area contributed by atoms with Crippen LogP contribution in [-0.2, 0) is 0 Å². The first-order valence-corrected chi connectivity index (χ1v) is 5.16. The van der Waals surface area contributed by atoms with Crippen molar-refractivity contribution in [2.75, 3.05) is 20.1 Å². The van der Waals surface area contributed by atoms with Crippen molar-refractivity contribution in [3.8, 4) is 0 Å². The minimum Gasteiger partial charge on any atom is -0.306 e. The first kappa shape index (κ1) is 9.79. The van der Waals surface area contributed by atoms with Gasteiger partial charge in [-0.3, -0.25) is 0 Å². The lowest BCUT2D eigenvalue weighted by atomic mass is 9.94. The number of hydrogen-bond acceptors (Lipinski definition) is 1. The van der Waals surface area contributed by atoms with Gasteiger partial charge >= 0.3 is 0 Å². The third kappa shape index (κ3) is 3.40. The van der Waals surface area contributed by atoms with E-state index in [1.54, 1.807) is 0 Å². The van der Waals surface area contributed by atoms with Gasteiger partial charge in [0.05, 0.1) is 0 Å². The minimum atomic E-state index is 0.923. The largest absolute Gasteiger partial charge is 0.306 e. The predicted molar refractivity (Wildman–Crippen MR) is 54.3 cm³/mol. The lowest BCUT2D eigenvalue weighted by Crippen LogP contribution is -2.26. The Labute approximate surface area is 76.5 Å². The Morgan fingerprint density at radius 3 is 2.83 bits per heavy atom. The van der Waals surface area contributed by atoms with Gasteiger partial charge < -0.3 is 4.90 Å². The summed E-state index contributed by atoms with van der Waals surface area (Å²) in [6.07, 6.45) is 9.92. The van der Waals surface area contributed by atoms with E-state index in [-0.39, 0.29) is 0 Å². The highest BCUT2D eigenvalue weighted by Gasteiger charge is 2.11. The standard InChI is InChI=1S/C11H21N/c1-3-9-12(2)10-11-7-5-4-6-8-11/h4-5,11H,3,6-10H2,1-2H3. The maximum atomic E-state index is 2.46. The molecule has 0 saturated carbocycles. The van der Waals surface area contributed by atoms with E-state index in [2.05, 4.69) is 31.0 Å². The maximum absolute atomic E-state index is 2.46. The van der Waals surface area contributed by atoms with E-state index in [1.807, 2.05) is 0 Å². The van der Waals surface area contributed by atoms with Crippen LogP contribution in [0.3, 0.4) is 0 Å². The second kappa shape index (κ2) is 5.36. The average Bonchev–Trinajstić information content (AvgIpc) is 2.06. The Bertz CT molecular complexity index is 140. The van der Waals surface area contributed by atoms with Crippen LogP contribution in [-0.4, -0.2) is 25.0 Å². The van der Waals surface area contributed by atoms with E-state index in [4.69, 9.17) is 0 Å². The lowest BCUT2D eigenvalue weighted by Gasteiger charge is -2.24. The van der Waals surface area contributed by atoms with Gasteiger partial charge in [-0.25, -0.2) is 0 Å². The van der Waals surface area contributed by atoms with Gasteiger partial charge in [-0.1, -0.05) is 19.1 Å². The number of allylic oxidation sites excluding steroid dienone is 2. The molecule has 0 N–H and O–H groups in total. The third-order valence-electron chi connectivity index (χ3n) is 2.55. The highest BCUT2D eigenvalue weighted by atomic mass is 15.1. The van der Waals surface area contributed by atoms with Gasteiger partial charge in [0.1, 0.15) is 0 Å². The van der Waals surface area contributed by atoms with Crippen molar-refractivity contribution in [3.05, 3.63) is 12.2 Å². The van der Waals surface area contributed by atoms with Crippen molar-refractivity contribution < 1.29 is 0 Å².